The fourth-order valence-corrected chi connectivity index (χ4v) is 4.26. The number of halogens is 4. The Morgan fingerprint density at radius 2 is 1.81 bits per heavy atom. The molecular weight excluding hydrogens is 416 g/mol. The fourth-order valence-electron chi connectivity index (χ4n) is 4.26. The number of rotatable bonds is 5. The number of benzene rings is 1. The van der Waals surface area contributed by atoms with E-state index < -0.39 is 51.7 Å². The van der Waals surface area contributed by atoms with Crippen LogP contribution in [-0.2, 0) is 9.59 Å². The van der Waals surface area contributed by atoms with Gasteiger partial charge in [0.2, 0.25) is 5.54 Å². The van der Waals surface area contributed by atoms with Gasteiger partial charge in [-0.1, -0.05) is 39.3 Å². The van der Waals surface area contributed by atoms with Crippen LogP contribution in [0.2, 0.25) is 0 Å². The molecule has 1 aliphatic carbocycles. The number of amides is 2. The molecule has 1 heterocycles. The second-order valence-electron chi connectivity index (χ2n) is 8.75. The van der Waals surface area contributed by atoms with Crippen molar-refractivity contribution in [3.63, 3.8) is 0 Å². The number of allylic oxidation sites excluding steroid dienone is 1. The summed E-state index contributed by atoms with van der Waals surface area (Å²) in [6.07, 6.45) is -4.38. The van der Waals surface area contributed by atoms with Gasteiger partial charge in [0.15, 0.2) is 5.78 Å². The lowest BCUT2D eigenvalue weighted by molar-refractivity contribution is -0.190. The quantitative estimate of drug-likeness (QED) is 0.700. The van der Waals surface area contributed by atoms with Crippen LogP contribution in [0.4, 0.5) is 17.6 Å². The van der Waals surface area contributed by atoms with Crippen molar-refractivity contribution in [3.05, 3.63) is 46.9 Å². The van der Waals surface area contributed by atoms with E-state index in [2.05, 4.69) is 0 Å². The average Bonchev–Trinajstić information content (AvgIpc) is 2.88. The van der Waals surface area contributed by atoms with Crippen molar-refractivity contribution in [2.45, 2.75) is 58.2 Å². The third-order valence-corrected chi connectivity index (χ3v) is 5.70. The molecule has 3 rings (SSSR count). The molecule has 5 nitrogen and oxygen atoms in total. The number of hydrogen-bond acceptors (Lipinski definition) is 3. The Morgan fingerprint density at radius 3 is 2.39 bits per heavy atom. The number of Topliss-reactive ketones (excluding diaryl/α,β-unsaturated/α-hetero) is 1. The number of carbonyl (C=O) groups excluding carboxylic acids is 3. The smallest absolute Gasteiger partial charge is 0.326 e. The summed E-state index contributed by atoms with van der Waals surface area (Å²) in [5.74, 6) is -4.71. The van der Waals surface area contributed by atoms with Gasteiger partial charge in [-0.3, -0.25) is 14.4 Å². The Hall–Kier alpha value is -2.71. The third kappa shape index (κ3) is 3.74. The normalized spacial score (nSPS) is 23.3. The fraction of sp³-hybridized carbons (Fsp3) is 0.500. The number of hydrogen-bond donors (Lipinski definition) is 1. The first-order valence-corrected chi connectivity index (χ1v) is 10.1. The van der Waals surface area contributed by atoms with Crippen LogP contribution in [0.25, 0.3) is 0 Å². The van der Waals surface area contributed by atoms with Crippen molar-refractivity contribution in [1.82, 2.24) is 10.2 Å². The van der Waals surface area contributed by atoms with Crippen LogP contribution in [0.1, 0.15) is 56.8 Å². The molecule has 0 radical (unpaired) electrons. The summed E-state index contributed by atoms with van der Waals surface area (Å²) in [6.45, 7) is 5.29. The van der Waals surface area contributed by atoms with Crippen LogP contribution in [0.3, 0.4) is 0 Å². The molecule has 0 aromatic heterocycles. The summed E-state index contributed by atoms with van der Waals surface area (Å²) in [5.41, 5.74) is -5.58. The van der Waals surface area contributed by atoms with Gasteiger partial charge in [-0.2, -0.15) is 13.2 Å². The van der Waals surface area contributed by atoms with Gasteiger partial charge in [0.1, 0.15) is 5.82 Å². The number of ketones is 1. The number of unbranched alkanes of at least 4 members (excludes halogenated alkanes) is 1. The molecule has 1 aromatic rings. The molecule has 1 aromatic carbocycles. The van der Waals surface area contributed by atoms with E-state index >= 15 is 0 Å². The zero-order valence-electron chi connectivity index (χ0n) is 17.5. The number of nitrogens with zero attached hydrogens (tertiary/aromatic N) is 1. The molecule has 2 aliphatic rings. The SMILES string of the molecule is CCCCN1C(=O)[C@@](NC(=O)c2ccccc2F)(C(F)(F)F)C2=C1CC(C)(C)CC2=O. The van der Waals surface area contributed by atoms with Gasteiger partial charge >= 0.3 is 6.18 Å². The summed E-state index contributed by atoms with van der Waals surface area (Å²) in [5, 5.41) is 1.73. The van der Waals surface area contributed by atoms with Crippen LogP contribution < -0.4 is 5.32 Å². The van der Waals surface area contributed by atoms with E-state index in [0.717, 1.165) is 17.0 Å². The third-order valence-electron chi connectivity index (χ3n) is 5.70. The lowest BCUT2D eigenvalue weighted by Crippen LogP contribution is -2.66. The number of nitrogens with one attached hydrogen (secondary N) is 1. The minimum atomic E-state index is -5.30. The topological polar surface area (TPSA) is 66.5 Å². The molecule has 0 fully saturated rings. The molecule has 1 N–H and O–H groups in total. The first kappa shape index (κ1) is 23.0. The van der Waals surface area contributed by atoms with Crippen LogP contribution in [0.5, 0.6) is 0 Å². The van der Waals surface area contributed by atoms with E-state index in [1.54, 1.807) is 19.2 Å². The van der Waals surface area contributed by atoms with Gasteiger partial charge < -0.3 is 10.2 Å². The first-order valence-electron chi connectivity index (χ1n) is 10.1. The summed E-state index contributed by atoms with van der Waals surface area (Å²) < 4.78 is 57.7. The summed E-state index contributed by atoms with van der Waals surface area (Å²) in [7, 11) is 0. The lowest BCUT2D eigenvalue weighted by atomic mass is 9.72. The predicted octanol–water partition coefficient (Wildman–Crippen LogP) is 4.14. The maximum atomic E-state index is 14.5. The highest BCUT2D eigenvalue weighted by Crippen LogP contribution is 2.51. The highest BCUT2D eigenvalue weighted by molar-refractivity contribution is 6.14. The van der Waals surface area contributed by atoms with E-state index in [-0.39, 0.29) is 25.1 Å². The van der Waals surface area contributed by atoms with Crippen molar-refractivity contribution >= 4 is 17.6 Å². The molecule has 1 aliphatic heterocycles. The predicted molar refractivity (Wildman–Crippen MR) is 104 cm³/mol. The van der Waals surface area contributed by atoms with Crippen molar-refractivity contribution < 1.29 is 31.9 Å². The van der Waals surface area contributed by atoms with Gasteiger partial charge in [0.05, 0.1) is 11.1 Å². The lowest BCUT2D eigenvalue weighted by Gasteiger charge is -2.35. The zero-order chi connectivity index (χ0) is 23.2. The van der Waals surface area contributed by atoms with Crippen molar-refractivity contribution in [1.29, 1.82) is 0 Å². The molecule has 31 heavy (non-hydrogen) atoms. The van der Waals surface area contributed by atoms with Crippen LogP contribution >= 0.6 is 0 Å². The maximum Gasteiger partial charge on any atom is 0.425 e. The Labute approximate surface area is 177 Å². The molecule has 0 saturated carbocycles. The van der Waals surface area contributed by atoms with E-state index in [9.17, 15) is 31.9 Å². The summed E-state index contributed by atoms with van der Waals surface area (Å²) in [4.78, 5) is 39.9. The van der Waals surface area contributed by atoms with E-state index in [1.807, 2.05) is 6.92 Å². The minimum absolute atomic E-state index is 0.00846. The van der Waals surface area contributed by atoms with Crippen molar-refractivity contribution in [2.75, 3.05) is 6.54 Å². The van der Waals surface area contributed by atoms with Crippen LogP contribution in [-0.4, -0.2) is 40.8 Å². The standard InChI is InChI=1S/C22H24F4N2O3/c1-4-5-10-28-15-11-20(2,3)12-16(29)17(15)21(19(28)31,22(24,25)26)27-18(30)13-8-6-7-9-14(13)23/h6-9H,4-5,10-12H2,1-3H3,(H,27,30)/t21-/m1/s1. The minimum Gasteiger partial charge on any atom is -0.326 e. The Morgan fingerprint density at radius 1 is 1.16 bits per heavy atom. The average molecular weight is 440 g/mol. The second kappa shape index (κ2) is 7.76. The molecule has 0 saturated heterocycles. The van der Waals surface area contributed by atoms with Gasteiger partial charge in [-0.15, -0.1) is 0 Å². The monoisotopic (exact) mass is 440 g/mol. The molecule has 0 unspecified atom stereocenters. The number of carbonyl (C=O) groups is 3. The second-order valence-corrected chi connectivity index (χ2v) is 8.75. The first-order chi connectivity index (χ1) is 14.4. The van der Waals surface area contributed by atoms with Crippen molar-refractivity contribution in [2.24, 2.45) is 5.41 Å². The highest BCUT2D eigenvalue weighted by Gasteiger charge is 2.71. The van der Waals surface area contributed by atoms with Gasteiger partial charge in [-0.25, -0.2) is 4.39 Å². The van der Waals surface area contributed by atoms with Gasteiger partial charge in [-0.05, 0) is 30.4 Å². The summed E-state index contributed by atoms with van der Waals surface area (Å²) in [6, 6.07) is 4.52. The van der Waals surface area contributed by atoms with Crippen molar-refractivity contribution in [3.8, 4) is 0 Å². The van der Waals surface area contributed by atoms with Crippen LogP contribution in [0, 0.1) is 11.2 Å². The molecule has 2 amide bonds. The molecule has 0 spiro atoms. The zero-order valence-corrected chi connectivity index (χ0v) is 17.5. The van der Waals surface area contributed by atoms with Crippen LogP contribution in [0.15, 0.2) is 35.5 Å². The largest absolute Gasteiger partial charge is 0.425 e. The van der Waals surface area contributed by atoms with Gasteiger partial charge in [0.25, 0.3) is 11.8 Å². The number of alkyl halides is 3. The maximum absolute atomic E-state index is 14.5. The van der Waals surface area contributed by atoms with Gasteiger partial charge in [0, 0.05) is 18.7 Å². The van der Waals surface area contributed by atoms with E-state index in [0.29, 0.717) is 12.8 Å². The summed E-state index contributed by atoms with van der Waals surface area (Å²) >= 11 is 0. The van der Waals surface area contributed by atoms with E-state index in [4.69, 9.17) is 0 Å². The Bertz CT molecular complexity index is 968. The highest BCUT2D eigenvalue weighted by atomic mass is 19.4. The Balaban J connectivity index is 2.19. The Kier molecular flexibility index (Phi) is 5.75. The molecule has 168 valence electrons. The molecular formula is C22H24F4N2O3. The van der Waals surface area contributed by atoms with E-state index in [1.165, 1.54) is 12.1 Å². The molecule has 1 atom stereocenters. The molecule has 0 bridgehead atoms. The molecule has 9 heteroatoms.